The topological polar surface area (TPSA) is 39.4 Å². The first-order valence-corrected chi connectivity index (χ1v) is 5.96. The smallest absolute Gasteiger partial charge is 0.234 e. The molecule has 1 aromatic carbocycles. The summed E-state index contributed by atoms with van der Waals surface area (Å²) in [4.78, 5) is 8.60. The fourth-order valence-corrected chi connectivity index (χ4v) is 1.87. The van der Waals surface area contributed by atoms with Crippen LogP contribution < -0.4 is 4.74 Å². The molecule has 0 atom stereocenters. The van der Waals surface area contributed by atoms with Crippen LogP contribution in [0.15, 0.2) is 48.9 Å². The summed E-state index contributed by atoms with van der Waals surface area (Å²) in [6, 6.07) is 9.29. The Kier molecular flexibility index (Phi) is 3.10. The molecule has 0 unspecified atom stereocenters. The summed E-state index contributed by atoms with van der Waals surface area (Å²) >= 11 is 0. The second-order valence-electron chi connectivity index (χ2n) is 4.02. The van der Waals surface area contributed by atoms with Gasteiger partial charge in [-0.05, 0) is 18.2 Å². The third kappa shape index (κ3) is 2.40. The van der Waals surface area contributed by atoms with Crippen LogP contribution in [0.5, 0.6) is 5.75 Å². The number of hydrogen-bond donors (Lipinski definition) is 0. The van der Waals surface area contributed by atoms with Crippen molar-refractivity contribution in [2.45, 2.75) is 0 Å². The third-order valence-electron chi connectivity index (χ3n) is 2.71. The van der Waals surface area contributed by atoms with Crippen LogP contribution in [0.4, 0.5) is 4.39 Å². The zero-order valence-corrected chi connectivity index (χ0v) is 10.2. The largest absolute Gasteiger partial charge is 0.491 e. The van der Waals surface area contributed by atoms with Crippen LogP contribution in [0.25, 0.3) is 17.0 Å². The van der Waals surface area contributed by atoms with E-state index in [1.165, 1.54) is 0 Å². The molecule has 0 radical (unpaired) electrons. The molecule has 4 nitrogen and oxygen atoms in total. The zero-order chi connectivity index (χ0) is 13.1. The number of rotatable bonds is 4. The van der Waals surface area contributed by atoms with Gasteiger partial charge in [-0.25, -0.2) is 14.4 Å². The van der Waals surface area contributed by atoms with Crippen molar-refractivity contribution in [3.8, 4) is 17.0 Å². The summed E-state index contributed by atoms with van der Waals surface area (Å²) in [5.41, 5.74) is 1.73. The van der Waals surface area contributed by atoms with E-state index in [9.17, 15) is 4.39 Å². The van der Waals surface area contributed by atoms with Gasteiger partial charge in [-0.3, -0.25) is 4.40 Å². The van der Waals surface area contributed by atoms with Gasteiger partial charge in [0.15, 0.2) is 0 Å². The quantitative estimate of drug-likeness (QED) is 0.721. The normalized spacial score (nSPS) is 10.8. The first-order valence-electron chi connectivity index (χ1n) is 5.96. The van der Waals surface area contributed by atoms with E-state index in [1.54, 1.807) is 12.3 Å². The Hall–Kier alpha value is -2.43. The molecule has 0 bridgehead atoms. The lowest BCUT2D eigenvalue weighted by Gasteiger charge is -2.04. The average molecular weight is 257 g/mol. The van der Waals surface area contributed by atoms with Crippen LogP contribution in [-0.2, 0) is 0 Å². The van der Waals surface area contributed by atoms with Gasteiger partial charge in [0.2, 0.25) is 5.78 Å². The highest BCUT2D eigenvalue weighted by Crippen LogP contribution is 2.23. The van der Waals surface area contributed by atoms with Crippen LogP contribution in [0, 0.1) is 0 Å². The minimum Gasteiger partial charge on any atom is -0.491 e. The SMILES string of the molecule is FCCOc1cccc(-c2cn3cccnc3n2)c1. The van der Waals surface area contributed by atoms with Gasteiger partial charge in [0.25, 0.3) is 0 Å². The number of aromatic nitrogens is 3. The Morgan fingerprint density at radius 2 is 2.21 bits per heavy atom. The van der Waals surface area contributed by atoms with Gasteiger partial charge in [-0.2, -0.15) is 0 Å². The first-order chi connectivity index (χ1) is 9.36. The van der Waals surface area contributed by atoms with Crippen molar-refractivity contribution in [2.75, 3.05) is 13.3 Å². The fourth-order valence-electron chi connectivity index (χ4n) is 1.87. The molecule has 0 saturated heterocycles. The fraction of sp³-hybridized carbons (Fsp3) is 0.143. The Morgan fingerprint density at radius 3 is 3.05 bits per heavy atom. The number of ether oxygens (including phenoxy) is 1. The monoisotopic (exact) mass is 257 g/mol. The maximum absolute atomic E-state index is 12.1. The molecule has 2 aromatic heterocycles. The van der Waals surface area contributed by atoms with Crippen molar-refractivity contribution >= 4 is 5.78 Å². The van der Waals surface area contributed by atoms with Gasteiger partial charge in [-0.1, -0.05) is 12.1 Å². The molecule has 0 spiro atoms. The lowest BCUT2D eigenvalue weighted by Crippen LogP contribution is -1.98. The van der Waals surface area contributed by atoms with Crippen molar-refractivity contribution < 1.29 is 9.13 Å². The highest BCUT2D eigenvalue weighted by molar-refractivity contribution is 5.63. The predicted octanol–water partition coefficient (Wildman–Crippen LogP) is 2.74. The van der Waals surface area contributed by atoms with Gasteiger partial charge < -0.3 is 4.74 Å². The van der Waals surface area contributed by atoms with E-state index < -0.39 is 6.67 Å². The zero-order valence-electron chi connectivity index (χ0n) is 10.2. The molecule has 0 fully saturated rings. The minimum absolute atomic E-state index is 0.0656. The second-order valence-corrected chi connectivity index (χ2v) is 4.02. The predicted molar refractivity (Wildman–Crippen MR) is 69.9 cm³/mol. The molecule has 0 aliphatic rings. The highest BCUT2D eigenvalue weighted by Gasteiger charge is 2.05. The van der Waals surface area contributed by atoms with Crippen LogP contribution in [0.1, 0.15) is 0 Å². The summed E-state index contributed by atoms with van der Waals surface area (Å²) in [6.45, 7) is -0.432. The van der Waals surface area contributed by atoms with Crippen LogP contribution in [-0.4, -0.2) is 27.7 Å². The molecule has 0 amide bonds. The van der Waals surface area contributed by atoms with Gasteiger partial charge in [-0.15, -0.1) is 0 Å². The Labute approximate surface area is 109 Å². The number of hydrogen-bond acceptors (Lipinski definition) is 3. The molecular weight excluding hydrogens is 245 g/mol. The number of imidazole rings is 1. The molecule has 0 aliphatic heterocycles. The maximum Gasteiger partial charge on any atom is 0.234 e. The molecule has 2 heterocycles. The van der Waals surface area contributed by atoms with Crippen molar-refractivity contribution in [3.63, 3.8) is 0 Å². The van der Waals surface area contributed by atoms with E-state index in [-0.39, 0.29) is 6.61 Å². The van der Waals surface area contributed by atoms with Crippen LogP contribution in [0.2, 0.25) is 0 Å². The van der Waals surface area contributed by atoms with E-state index in [2.05, 4.69) is 9.97 Å². The van der Waals surface area contributed by atoms with Crippen molar-refractivity contribution in [3.05, 3.63) is 48.9 Å². The van der Waals surface area contributed by atoms with E-state index in [0.717, 1.165) is 11.3 Å². The summed E-state index contributed by atoms with van der Waals surface area (Å²) in [7, 11) is 0. The number of alkyl halides is 1. The first kappa shape index (κ1) is 11.6. The molecule has 5 heteroatoms. The van der Waals surface area contributed by atoms with Crippen LogP contribution >= 0.6 is 0 Å². The van der Waals surface area contributed by atoms with Crippen molar-refractivity contribution in [1.82, 2.24) is 14.4 Å². The lowest BCUT2D eigenvalue weighted by molar-refractivity contribution is 0.273. The van der Waals surface area contributed by atoms with E-state index in [4.69, 9.17) is 4.74 Å². The highest BCUT2D eigenvalue weighted by atomic mass is 19.1. The van der Waals surface area contributed by atoms with Gasteiger partial charge in [0, 0.05) is 24.2 Å². The van der Waals surface area contributed by atoms with Gasteiger partial charge >= 0.3 is 0 Å². The van der Waals surface area contributed by atoms with Crippen LogP contribution in [0.3, 0.4) is 0 Å². The average Bonchev–Trinajstić information content (AvgIpc) is 2.89. The Bertz CT molecular complexity index is 663. The number of nitrogens with zero attached hydrogens (tertiary/aromatic N) is 3. The van der Waals surface area contributed by atoms with Crippen molar-refractivity contribution in [2.24, 2.45) is 0 Å². The molecule has 3 aromatic rings. The summed E-state index contributed by atoms with van der Waals surface area (Å²) in [6.07, 6.45) is 5.49. The van der Waals surface area contributed by atoms with E-state index in [0.29, 0.717) is 11.5 Å². The van der Waals surface area contributed by atoms with Gasteiger partial charge in [0.05, 0.1) is 5.69 Å². The number of fused-ring (bicyclic) bond motifs is 1. The van der Waals surface area contributed by atoms with E-state index in [1.807, 2.05) is 41.1 Å². The van der Waals surface area contributed by atoms with Crippen molar-refractivity contribution in [1.29, 1.82) is 0 Å². The maximum atomic E-state index is 12.1. The Morgan fingerprint density at radius 1 is 1.26 bits per heavy atom. The second kappa shape index (κ2) is 5.06. The summed E-state index contributed by atoms with van der Waals surface area (Å²) in [5.74, 6) is 1.28. The van der Waals surface area contributed by atoms with E-state index >= 15 is 0 Å². The standard InChI is InChI=1S/C14H12FN3O/c15-5-8-19-12-4-1-3-11(9-12)13-10-18-7-2-6-16-14(18)17-13/h1-4,6-7,9-10H,5,8H2. The molecule has 3 rings (SSSR count). The summed E-state index contributed by atoms with van der Waals surface area (Å²) in [5, 5.41) is 0. The molecular formula is C14H12FN3O. The molecule has 0 aliphatic carbocycles. The third-order valence-corrected chi connectivity index (χ3v) is 2.71. The molecule has 0 N–H and O–H groups in total. The number of halogens is 1. The Balaban J connectivity index is 1.96. The minimum atomic E-state index is -0.498. The molecule has 0 saturated carbocycles. The molecule has 19 heavy (non-hydrogen) atoms. The summed E-state index contributed by atoms with van der Waals surface area (Å²) < 4.78 is 19.2. The van der Waals surface area contributed by atoms with Gasteiger partial charge in [0.1, 0.15) is 19.0 Å². The molecule has 96 valence electrons. The number of benzene rings is 1. The lowest BCUT2D eigenvalue weighted by atomic mass is 10.1.